The minimum atomic E-state index is -0.265. The Morgan fingerprint density at radius 3 is 2.62 bits per heavy atom. The molecule has 3 aromatic carbocycles. The van der Waals surface area contributed by atoms with E-state index in [0.29, 0.717) is 38.7 Å². The van der Waals surface area contributed by atoms with Gasteiger partial charge in [-0.15, -0.1) is 5.10 Å². The molecule has 0 bridgehead atoms. The first-order valence-corrected chi connectivity index (χ1v) is 11.1. The van der Waals surface area contributed by atoms with Gasteiger partial charge >= 0.3 is 0 Å². The quantitative estimate of drug-likeness (QED) is 0.322. The SMILES string of the molecule is COc1ccc([C@H]2c3ccc(O)cc3Oc3ncn4nc(-c5ccc(Cl)cc5Cl)nc4c32)cc1. The molecule has 7 nitrogen and oxygen atoms in total. The summed E-state index contributed by atoms with van der Waals surface area (Å²) in [4.78, 5) is 9.32. The summed E-state index contributed by atoms with van der Waals surface area (Å²) < 4.78 is 13.0. The second kappa shape index (κ2) is 7.90. The van der Waals surface area contributed by atoms with Crippen LogP contribution in [0.5, 0.6) is 23.1 Å². The Balaban J connectivity index is 1.59. The van der Waals surface area contributed by atoms with Crippen molar-refractivity contribution in [3.8, 4) is 34.5 Å². The van der Waals surface area contributed by atoms with Crippen molar-refractivity contribution >= 4 is 28.8 Å². The van der Waals surface area contributed by atoms with Crippen molar-refractivity contribution in [1.29, 1.82) is 0 Å². The van der Waals surface area contributed by atoms with Gasteiger partial charge in [0.15, 0.2) is 11.5 Å². The normalized spacial score (nSPS) is 14.4. The summed E-state index contributed by atoms with van der Waals surface area (Å²) in [7, 11) is 1.63. The van der Waals surface area contributed by atoms with Crippen LogP contribution in [-0.2, 0) is 0 Å². The molecule has 168 valence electrons. The fourth-order valence-electron chi connectivity index (χ4n) is 4.23. The van der Waals surface area contributed by atoms with Gasteiger partial charge in [0.05, 0.1) is 17.7 Å². The zero-order valence-electron chi connectivity index (χ0n) is 17.7. The van der Waals surface area contributed by atoms with Crippen molar-refractivity contribution in [3.05, 3.63) is 93.7 Å². The number of aromatic hydroxyl groups is 1. The Hall–Kier alpha value is -3.81. The van der Waals surface area contributed by atoms with Crippen LogP contribution in [0.25, 0.3) is 17.0 Å². The lowest BCUT2D eigenvalue weighted by molar-refractivity contribution is 0.414. The Morgan fingerprint density at radius 1 is 1.03 bits per heavy atom. The van der Waals surface area contributed by atoms with Gasteiger partial charge in [-0.3, -0.25) is 0 Å². The van der Waals surface area contributed by atoms with Crippen LogP contribution in [0.3, 0.4) is 0 Å². The van der Waals surface area contributed by atoms with Crippen LogP contribution in [0.15, 0.2) is 67.0 Å². The van der Waals surface area contributed by atoms with E-state index in [1.165, 1.54) is 0 Å². The van der Waals surface area contributed by atoms with E-state index in [0.717, 1.165) is 22.4 Å². The van der Waals surface area contributed by atoms with Gasteiger partial charge < -0.3 is 14.6 Å². The van der Waals surface area contributed by atoms with E-state index in [4.69, 9.17) is 37.7 Å². The van der Waals surface area contributed by atoms with E-state index in [9.17, 15) is 5.11 Å². The summed E-state index contributed by atoms with van der Waals surface area (Å²) in [6.45, 7) is 0. The summed E-state index contributed by atoms with van der Waals surface area (Å²) in [6, 6.07) is 18.1. The van der Waals surface area contributed by atoms with E-state index < -0.39 is 0 Å². The number of fused-ring (bicyclic) bond motifs is 4. The molecular formula is C25H16Cl2N4O3. The van der Waals surface area contributed by atoms with E-state index >= 15 is 0 Å². The van der Waals surface area contributed by atoms with Gasteiger partial charge in [0.1, 0.15) is 23.6 Å². The van der Waals surface area contributed by atoms with Gasteiger partial charge in [0, 0.05) is 28.1 Å². The number of ether oxygens (including phenoxy) is 2. The molecule has 6 rings (SSSR count). The highest BCUT2D eigenvalue weighted by Crippen LogP contribution is 2.49. The van der Waals surface area contributed by atoms with Crippen LogP contribution < -0.4 is 9.47 Å². The molecule has 2 aromatic heterocycles. The number of benzene rings is 3. The molecule has 1 aliphatic heterocycles. The number of halogens is 2. The molecule has 0 amide bonds. The molecule has 1 atom stereocenters. The molecular weight excluding hydrogens is 475 g/mol. The molecule has 5 aromatic rings. The Morgan fingerprint density at radius 2 is 1.85 bits per heavy atom. The molecule has 0 saturated heterocycles. The van der Waals surface area contributed by atoms with Crippen LogP contribution >= 0.6 is 23.2 Å². The maximum absolute atomic E-state index is 10.0. The van der Waals surface area contributed by atoms with Gasteiger partial charge in [-0.25, -0.2) is 14.5 Å². The monoisotopic (exact) mass is 490 g/mol. The van der Waals surface area contributed by atoms with Crippen molar-refractivity contribution in [3.63, 3.8) is 0 Å². The van der Waals surface area contributed by atoms with Crippen molar-refractivity contribution in [2.75, 3.05) is 7.11 Å². The number of nitrogens with zero attached hydrogens (tertiary/aromatic N) is 4. The summed E-state index contributed by atoms with van der Waals surface area (Å²) in [6.07, 6.45) is 1.55. The van der Waals surface area contributed by atoms with Crippen LogP contribution in [-0.4, -0.2) is 31.8 Å². The minimum absolute atomic E-state index is 0.110. The number of phenolic OH excluding ortho intramolecular Hbond substituents is 1. The molecule has 34 heavy (non-hydrogen) atoms. The molecule has 9 heteroatoms. The summed E-state index contributed by atoms with van der Waals surface area (Å²) in [5.41, 5.74) is 3.87. The van der Waals surface area contributed by atoms with Crippen LogP contribution in [0.1, 0.15) is 22.6 Å². The molecule has 0 fully saturated rings. The van der Waals surface area contributed by atoms with Crippen LogP contribution in [0.4, 0.5) is 0 Å². The Kier molecular flexibility index (Phi) is 4.83. The fourth-order valence-corrected chi connectivity index (χ4v) is 4.72. The van der Waals surface area contributed by atoms with E-state index in [1.807, 2.05) is 30.3 Å². The second-order valence-corrected chi connectivity index (χ2v) is 8.67. The standard InChI is InChI=1S/C25H16Cl2N4O3/c1-33-16-6-2-13(3-7-16)21-18-9-5-15(32)11-20(18)34-25-22(21)24-29-23(30-31(24)12-28-25)17-8-4-14(26)10-19(17)27/h2-12,21,32H,1H3/t21-/m0/s1. The first-order chi connectivity index (χ1) is 16.5. The maximum atomic E-state index is 10.0. The Bertz CT molecular complexity index is 1570. The highest BCUT2D eigenvalue weighted by molar-refractivity contribution is 6.36. The van der Waals surface area contributed by atoms with Gasteiger partial charge in [-0.05, 0) is 42.0 Å². The molecule has 0 radical (unpaired) electrons. The van der Waals surface area contributed by atoms with Crippen molar-refractivity contribution in [1.82, 2.24) is 19.6 Å². The molecule has 0 aliphatic carbocycles. The number of phenols is 1. The third kappa shape index (κ3) is 3.32. The van der Waals surface area contributed by atoms with E-state index in [-0.39, 0.29) is 11.7 Å². The lowest BCUT2D eigenvalue weighted by Crippen LogP contribution is -2.15. The predicted molar refractivity (Wildman–Crippen MR) is 128 cm³/mol. The van der Waals surface area contributed by atoms with E-state index in [1.54, 1.807) is 48.3 Å². The zero-order chi connectivity index (χ0) is 23.4. The lowest BCUT2D eigenvalue weighted by atomic mass is 9.84. The summed E-state index contributed by atoms with van der Waals surface area (Å²) >= 11 is 12.5. The highest BCUT2D eigenvalue weighted by atomic mass is 35.5. The number of aromatic nitrogens is 4. The van der Waals surface area contributed by atoms with Crippen LogP contribution in [0, 0.1) is 0 Å². The number of methoxy groups -OCH3 is 1. The second-order valence-electron chi connectivity index (χ2n) is 7.82. The average Bonchev–Trinajstić information content (AvgIpc) is 3.27. The molecule has 0 unspecified atom stereocenters. The molecule has 1 N–H and O–H groups in total. The van der Waals surface area contributed by atoms with Gasteiger partial charge in [-0.1, -0.05) is 41.4 Å². The Labute approximate surface area is 204 Å². The molecule has 1 aliphatic rings. The zero-order valence-corrected chi connectivity index (χ0v) is 19.2. The maximum Gasteiger partial charge on any atom is 0.228 e. The molecule has 0 spiro atoms. The number of hydrogen-bond acceptors (Lipinski definition) is 6. The van der Waals surface area contributed by atoms with Crippen LogP contribution in [0.2, 0.25) is 10.0 Å². The lowest BCUT2D eigenvalue weighted by Gasteiger charge is -2.28. The number of hydrogen-bond donors (Lipinski definition) is 1. The predicted octanol–water partition coefficient (Wildman–Crippen LogP) is 6.10. The minimum Gasteiger partial charge on any atom is -0.508 e. The third-order valence-electron chi connectivity index (χ3n) is 5.81. The first kappa shape index (κ1) is 20.8. The highest BCUT2D eigenvalue weighted by Gasteiger charge is 2.33. The first-order valence-electron chi connectivity index (χ1n) is 10.4. The third-order valence-corrected chi connectivity index (χ3v) is 6.36. The summed E-state index contributed by atoms with van der Waals surface area (Å²) in [5.74, 6) is 1.97. The topological polar surface area (TPSA) is 81.8 Å². The molecule has 3 heterocycles. The fraction of sp³-hybridized carbons (Fsp3) is 0.0800. The van der Waals surface area contributed by atoms with Crippen molar-refractivity contribution < 1.29 is 14.6 Å². The van der Waals surface area contributed by atoms with Gasteiger partial charge in [-0.2, -0.15) is 0 Å². The van der Waals surface area contributed by atoms with E-state index in [2.05, 4.69) is 10.1 Å². The smallest absolute Gasteiger partial charge is 0.228 e. The molecule has 0 saturated carbocycles. The summed E-state index contributed by atoms with van der Waals surface area (Å²) in [5, 5.41) is 15.6. The van der Waals surface area contributed by atoms with Crippen molar-refractivity contribution in [2.45, 2.75) is 5.92 Å². The van der Waals surface area contributed by atoms with Gasteiger partial charge in [0.25, 0.3) is 0 Å². The number of rotatable bonds is 3. The van der Waals surface area contributed by atoms with Crippen molar-refractivity contribution in [2.24, 2.45) is 0 Å². The average molecular weight is 491 g/mol. The van der Waals surface area contributed by atoms with Gasteiger partial charge in [0.2, 0.25) is 5.88 Å². The largest absolute Gasteiger partial charge is 0.508 e.